The van der Waals surface area contributed by atoms with Gasteiger partial charge in [-0.05, 0) is 31.0 Å². The number of benzene rings is 1. The second-order valence-electron chi connectivity index (χ2n) is 4.99. The summed E-state index contributed by atoms with van der Waals surface area (Å²) in [5, 5.41) is 0. The van der Waals surface area contributed by atoms with E-state index in [1.807, 2.05) is 0 Å². The van der Waals surface area contributed by atoms with Crippen molar-refractivity contribution in [3.05, 3.63) is 29.8 Å². The molecule has 1 N–H and O–H groups in total. The summed E-state index contributed by atoms with van der Waals surface area (Å²) in [7, 11) is -2.29. The molecule has 6 nitrogen and oxygen atoms in total. The van der Waals surface area contributed by atoms with Crippen molar-refractivity contribution in [2.75, 3.05) is 24.9 Å². The van der Waals surface area contributed by atoms with Crippen LogP contribution in [0, 0.1) is 0 Å². The highest BCUT2D eigenvalue weighted by Gasteiger charge is 2.23. The maximum absolute atomic E-state index is 12.4. The van der Waals surface area contributed by atoms with E-state index >= 15 is 0 Å². The van der Waals surface area contributed by atoms with Crippen molar-refractivity contribution in [3.8, 4) is 0 Å². The summed E-state index contributed by atoms with van der Waals surface area (Å²) in [5.41, 5.74) is 0.677. The molecule has 1 heterocycles. The molecule has 0 spiro atoms. The second kappa shape index (κ2) is 6.91. The summed E-state index contributed by atoms with van der Waals surface area (Å²) in [5.74, 6) is -0.495. The van der Waals surface area contributed by atoms with E-state index in [0.717, 1.165) is 25.7 Å². The maximum Gasteiger partial charge on any atom is 0.337 e. The molecule has 2 rings (SSSR count). The first-order valence-electron chi connectivity index (χ1n) is 6.99. The Morgan fingerprint density at radius 2 is 1.86 bits per heavy atom. The summed E-state index contributed by atoms with van der Waals surface area (Å²) < 4.78 is 33.3. The molecule has 0 radical (unpaired) electrons. The quantitative estimate of drug-likeness (QED) is 0.863. The van der Waals surface area contributed by atoms with Crippen molar-refractivity contribution >= 4 is 21.9 Å². The third-order valence-electron chi connectivity index (χ3n) is 3.44. The predicted molar refractivity (Wildman–Crippen MR) is 80.4 cm³/mol. The van der Waals surface area contributed by atoms with E-state index in [0.29, 0.717) is 24.3 Å². The highest BCUT2D eigenvalue weighted by atomic mass is 32.2. The third kappa shape index (κ3) is 4.18. The van der Waals surface area contributed by atoms with Crippen LogP contribution < -0.4 is 4.72 Å². The first kappa shape index (κ1) is 15.8. The molecular weight excluding hydrogens is 292 g/mol. The Hall–Kier alpha value is -1.60. The van der Waals surface area contributed by atoms with Gasteiger partial charge in [0.05, 0.1) is 18.4 Å². The van der Waals surface area contributed by atoms with Crippen molar-refractivity contribution in [1.82, 2.24) is 4.31 Å². The summed E-state index contributed by atoms with van der Waals surface area (Å²) >= 11 is 0. The zero-order chi connectivity index (χ0) is 15.3. The van der Waals surface area contributed by atoms with E-state index < -0.39 is 16.2 Å². The number of ether oxygens (including phenoxy) is 1. The Morgan fingerprint density at radius 1 is 1.19 bits per heavy atom. The molecule has 1 saturated heterocycles. The maximum atomic E-state index is 12.4. The summed E-state index contributed by atoms with van der Waals surface area (Å²) in [6, 6.07) is 6.28. The molecule has 0 aromatic heterocycles. The fourth-order valence-electron chi connectivity index (χ4n) is 2.32. The SMILES string of the molecule is COC(=O)c1cccc(NS(=O)(=O)N2CCCCCC2)c1. The minimum absolute atomic E-state index is 0.313. The number of esters is 1. The highest BCUT2D eigenvalue weighted by molar-refractivity contribution is 7.90. The van der Waals surface area contributed by atoms with Crippen LogP contribution in [0.15, 0.2) is 24.3 Å². The molecule has 116 valence electrons. The average Bonchev–Trinajstić information content (AvgIpc) is 2.76. The van der Waals surface area contributed by atoms with Crippen LogP contribution in [-0.2, 0) is 14.9 Å². The Labute approximate surface area is 125 Å². The van der Waals surface area contributed by atoms with Crippen molar-refractivity contribution in [2.45, 2.75) is 25.7 Å². The normalized spacial score (nSPS) is 17.0. The first-order chi connectivity index (χ1) is 10.0. The fraction of sp³-hybridized carbons (Fsp3) is 0.500. The lowest BCUT2D eigenvalue weighted by atomic mass is 10.2. The van der Waals surface area contributed by atoms with Crippen LogP contribution in [0.5, 0.6) is 0 Å². The number of nitrogens with zero attached hydrogens (tertiary/aromatic N) is 1. The molecule has 1 aromatic carbocycles. The smallest absolute Gasteiger partial charge is 0.337 e. The van der Waals surface area contributed by atoms with Gasteiger partial charge in [-0.2, -0.15) is 12.7 Å². The van der Waals surface area contributed by atoms with Crippen LogP contribution in [0.3, 0.4) is 0 Å². The number of nitrogens with one attached hydrogen (secondary N) is 1. The first-order valence-corrected chi connectivity index (χ1v) is 8.43. The van der Waals surface area contributed by atoms with Crippen molar-refractivity contribution < 1.29 is 17.9 Å². The van der Waals surface area contributed by atoms with Crippen molar-refractivity contribution in [1.29, 1.82) is 0 Å². The van der Waals surface area contributed by atoms with Gasteiger partial charge in [0.2, 0.25) is 0 Å². The summed E-state index contributed by atoms with van der Waals surface area (Å²) in [6.45, 7) is 1.07. The van der Waals surface area contributed by atoms with Gasteiger partial charge in [-0.3, -0.25) is 4.72 Å². The Kier molecular flexibility index (Phi) is 5.19. The minimum Gasteiger partial charge on any atom is -0.465 e. The second-order valence-corrected chi connectivity index (χ2v) is 6.66. The molecule has 0 atom stereocenters. The molecule has 1 aliphatic rings. The van der Waals surface area contributed by atoms with Crippen LogP contribution in [0.4, 0.5) is 5.69 Å². The highest BCUT2D eigenvalue weighted by Crippen LogP contribution is 2.18. The van der Waals surface area contributed by atoms with Gasteiger partial charge in [0.1, 0.15) is 0 Å². The minimum atomic E-state index is -3.58. The monoisotopic (exact) mass is 312 g/mol. The molecule has 1 fully saturated rings. The molecule has 0 amide bonds. The van der Waals surface area contributed by atoms with Gasteiger partial charge in [-0.1, -0.05) is 18.9 Å². The molecule has 1 aromatic rings. The summed E-state index contributed by atoms with van der Waals surface area (Å²) in [4.78, 5) is 11.5. The lowest BCUT2D eigenvalue weighted by Crippen LogP contribution is -2.36. The largest absolute Gasteiger partial charge is 0.465 e. The van der Waals surface area contributed by atoms with Crippen LogP contribution in [-0.4, -0.2) is 38.9 Å². The lowest BCUT2D eigenvalue weighted by Gasteiger charge is -2.20. The van der Waals surface area contributed by atoms with E-state index in [1.54, 1.807) is 18.2 Å². The Balaban J connectivity index is 2.14. The van der Waals surface area contributed by atoms with E-state index in [9.17, 15) is 13.2 Å². The van der Waals surface area contributed by atoms with Crippen LogP contribution in [0.25, 0.3) is 0 Å². The van der Waals surface area contributed by atoms with Gasteiger partial charge in [0.25, 0.3) is 0 Å². The topological polar surface area (TPSA) is 75.7 Å². The Bertz CT molecular complexity index is 593. The molecule has 7 heteroatoms. The predicted octanol–water partition coefficient (Wildman–Crippen LogP) is 2.01. The summed E-state index contributed by atoms with van der Waals surface area (Å²) in [6.07, 6.45) is 3.87. The molecule has 0 aliphatic carbocycles. The van der Waals surface area contributed by atoms with E-state index in [-0.39, 0.29) is 0 Å². The molecule has 0 unspecified atom stereocenters. The van der Waals surface area contributed by atoms with E-state index in [4.69, 9.17) is 0 Å². The van der Waals surface area contributed by atoms with Gasteiger partial charge < -0.3 is 4.74 Å². The van der Waals surface area contributed by atoms with Crippen LogP contribution in [0.2, 0.25) is 0 Å². The number of carbonyl (C=O) groups is 1. The fourth-order valence-corrected chi connectivity index (χ4v) is 3.62. The van der Waals surface area contributed by atoms with Gasteiger partial charge in [0.15, 0.2) is 0 Å². The molecule has 21 heavy (non-hydrogen) atoms. The van der Waals surface area contributed by atoms with Crippen molar-refractivity contribution in [3.63, 3.8) is 0 Å². The van der Waals surface area contributed by atoms with Gasteiger partial charge >= 0.3 is 16.2 Å². The number of methoxy groups -OCH3 is 1. The molecule has 0 bridgehead atoms. The molecular formula is C14H20N2O4S. The van der Waals surface area contributed by atoms with E-state index in [1.165, 1.54) is 17.5 Å². The Morgan fingerprint density at radius 3 is 2.48 bits per heavy atom. The average molecular weight is 312 g/mol. The van der Waals surface area contributed by atoms with Crippen LogP contribution in [0.1, 0.15) is 36.0 Å². The molecule has 1 aliphatic heterocycles. The van der Waals surface area contributed by atoms with Gasteiger partial charge in [-0.15, -0.1) is 0 Å². The van der Waals surface area contributed by atoms with Crippen molar-refractivity contribution in [2.24, 2.45) is 0 Å². The molecule has 0 saturated carbocycles. The number of hydrogen-bond acceptors (Lipinski definition) is 4. The lowest BCUT2D eigenvalue weighted by molar-refractivity contribution is 0.0601. The van der Waals surface area contributed by atoms with Gasteiger partial charge in [0, 0.05) is 13.1 Å². The number of carbonyl (C=O) groups excluding carboxylic acids is 1. The van der Waals surface area contributed by atoms with Gasteiger partial charge in [-0.25, -0.2) is 4.79 Å². The zero-order valence-corrected chi connectivity index (χ0v) is 12.9. The zero-order valence-electron chi connectivity index (χ0n) is 12.0. The number of hydrogen-bond donors (Lipinski definition) is 1. The standard InChI is InChI=1S/C14H20N2O4S/c1-20-14(17)12-7-6-8-13(11-12)15-21(18,19)16-9-4-2-3-5-10-16/h6-8,11,15H,2-5,9-10H2,1H3. The third-order valence-corrected chi connectivity index (χ3v) is 4.97. The van der Waals surface area contributed by atoms with Crippen LogP contribution >= 0.6 is 0 Å². The number of rotatable bonds is 4. The number of anilines is 1. The van der Waals surface area contributed by atoms with E-state index in [2.05, 4.69) is 9.46 Å².